The zero-order valence-electron chi connectivity index (χ0n) is 9.35. The number of carbonyl (C=O) groups is 1. The normalized spacial score (nSPS) is 21.7. The lowest BCUT2D eigenvalue weighted by atomic mass is 10.2. The third-order valence-electron chi connectivity index (χ3n) is 2.59. The summed E-state index contributed by atoms with van der Waals surface area (Å²) in [5.41, 5.74) is 0. The minimum atomic E-state index is -3.92. The van der Waals surface area contributed by atoms with E-state index in [1.165, 1.54) is 12.4 Å². The Morgan fingerprint density at radius 1 is 1.50 bits per heavy atom. The van der Waals surface area contributed by atoms with Gasteiger partial charge in [0.05, 0.1) is 6.20 Å². The molecule has 0 radical (unpaired) electrons. The van der Waals surface area contributed by atoms with Crippen LogP contribution in [-0.4, -0.2) is 59.4 Å². The lowest BCUT2D eigenvalue weighted by molar-refractivity contribution is -0.141. The second kappa shape index (κ2) is 4.96. The fraction of sp³-hybridized carbons (Fsp3) is 0.444. The molecule has 0 aromatic carbocycles. The van der Waals surface area contributed by atoms with Crippen LogP contribution in [0.15, 0.2) is 23.6 Å². The fourth-order valence-corrected chi connectivity index (χ4v) is 3.18. The molecule has 1 aromatic heterocycles. The van der Waals surface area contributed by atoms with Crippen LogP contribution in [0.5, 0.6) is 0 Å². The average Bonchev–Trinajstić information content (AvgIpc) is 2.39. The average molecular weight is 272 g/mol. The van der Waals surface area contributed by atoms with E-state index in [0.29, 0.717) is 6.54 Å². The first-order valence-corrected chi connectivity index (χ1v) is 6.69. The third-order valence-corrected chi connectivity index (χ3v) is 4.39. The number of nitrogens with one attached hydrogen (secondary N) is 1. The SMILES string of the molecule is O=C(O)[C@H]1CNCCN1S(=O)(=O)c1cnccn1. The molecule has 1 aliphatic rings. The smallest absolute Gasteiger partial charge is 0.323 e. The molecule has 8 nitrogen and oxygen atoms in total. The minimum Gasteiger partial charge on any atom is -0.480 e. The first-order chi connectivity index (χ1) is 8.53. The largest absolute Gasteiger partial charge is 0.480 e. The van der Waals surface area contributed by atoms with Crippen LogP contribution in [0.3, 0.4) is 0 Å². The highest BCUT2D eigenvalue weighted by Crippen LogP contribution is 2.16. The van der Waals surface area contributed by atoms with Crippen molar-refractivity contribution in [3.05, 3.63) is 18.6 Å². The predicted molar refractivity (Wildman–Crippen MR) is 60.2 cm³/mol. The zero-order chi connectivity index (χ0) is 13.2. The van der Waals surface area contributed by atoms with Crippen LogP contribution in [0.4, 0.5) is 0 Å². The molecule has 1 fully saturated rings. The number of aliphatic carboxylic acids is 1. The predicted octanol–water partition coefficient (Wildman–Crippen LogP) is -1.48. The van der Waals surface area contributed by atoms with Crippen LogP contribution in [-0.2, 0) is 14.8 Å². The Morgan fingerprint density at radius 3 is 2.89 bits per heavy atom. The van der Waals surface area contributed by atoms with Gasteiger partial charge in [-0.2, -0.15) is 4.31 Å². The van der Waals surface area contributed by atoms with E-state index in [4.69, 9.17) is 5.11 Å². The first kappa shape index (κ1) is 12.9. The van der Waals surface area contributed by atoms with Crippen molar-refractivity contribution in [2.45, 2.75) is 11.1 Å². The monoisotopic (exact) mass is 272 g/mol. The summed E-state index contributed by atoms with van der Waals surface area (Å²) in [6.07, 6.45) is 3.71. The number of carboxylic acids is 1. The van der Waals surface area contributed by atoms with E-state index in [1.807, 2.05) is 0 Å². The van der Waals surface area contributed by atoms with Crippen molar-refractivity contribution in [3.63, 3.8) is 0 Å². The van der Waals surface area contributed by atoms with Crippen LogP contribution in [0.1, 0.15) is 0 Å². The van der Waals surface area contributed by atoms with Gasteiger partial charge in [0.25, 0.3) is 10.0 Å². The Balaban J connectivity index is 2.36. The molecular formula is C9H12N4O4S. The second-order valence-electron chi connectivity index (χ2n) is 3.72. The quantitative estimate of drug-likeness (QED) is 0.690. The number of carboxylic acid groups (broad SMARTS) is 1. The number of aromatic nitrogens is 2. The molecule has 0 unspecified atom stereocenters. The van der Waals surface area contributed by atoms with Gasteiger partial charge < -0.3 is 10.4 Å². The van der Waals surface area contributed by atoms with E-state index >= 15 is 0 Å². The molecule has 0 saturated carbocycles. The van der Waals surface area contributed by atoms with E-state index < -0.39 is 22.0 Å². The van der Waals surface area contributed by atoms with Gasteiger partial charge in [0, 0.05) is 32.0 Å². The molecule has 2 rings (SSSR count). The van der Waals surface area contributed by atoms with Crippen LogP contribution in [0.2, 0.25) is 0 Å². The topological polar surface area (TPSA) is 112 Å². The summed E-state index contributed by atoms with van der Waals surface area (Å²) in [5, 5.41) is 11.6. The molecule has 2 N–H and O–H groups in total. The molecule has 0 aliphatic carbocycles. The number of nitrogens with zero attached hydrogens (tertiary/aromatic N) is 3. The van der Waals surface area contributed by atoms with Gasteiger partial charge >= 0.3 is 5.97 Å². The zero-order valence-corrected chi connectivity index (χ0v) is 10.2. The lowest BCUT2D eigenvalue weighted by Crippen LogP contribution is -2.56. The highest BCUT2D eigenvalue weighted by Gasteiger charge is 2.38. The fourth-order valence-electron chi connectivity index (χ4n) is 1.72. The van der Waals surface area contributed by atoms with E-state index in [1.54, 1.807) is 0 Å². The highest BCUT2D eigenvalue weighted by atomic mass is 32.2. The third kappa shape index (κ3) is 2.33. The molecule has 1 saturated heterocycles. The molecule has 18 heavy (non-hydrogen) atoms. The Morgan fingerprint density at radius 2 is 2.28 bits per heavy atom. The number of hydrogen-bond acceptors (Lipinski definition) is 6. The molecule has 98 valence electrons. The summed E-state index contributed by atoms with van der Waals surface area (Å²) in [6.45, 7) is 0.577. The summed E-state index contributed by atoms with van der Waals surface area (Å²) in [6, 6.07) is -1.12. The highest BCUT2D eigenvalue weighted by molar-refractivity contribution is 7.89. The number of piperazine rings is 1. The Hall–Kier alpha value is -1.58. The van der Waals surface area contributed by atoms with Crippen LogP contribution < -0.4 is 5.32 Å². The maximum absolute atomic E-state index is 12.2. The van der Waals surface area contributed by atoms with Crippen molar-refractivity contribution >= 4 is 16.0 Å². The lowest BCUT2D eigenvalue weighted by Gasteiger charge is -2.31. The Bertz CT molecular complexity index is 533. The van der Waals surface area contributed by atoms with Gasteiger partial charge in [0.15, 0.2) is 5.03 Å². The Labute approximate surface area is 104 Å². The Kier molecular flexibility index (Phi) is 3.55. The van der Waals surface area contributed by atoms with Gasteiger partial charge in [-0.15, -0.1) is 0 Å². The second-order valence-corrected chi connectivity index (χ2v) is 5.55. The van der Waals surface area contributed by atoms with Gasteiger partial charge in [-0.1, -0.05) is 0 Å². The van der Waals surface area contributed by atoms with Gasteiger partial charge in [0.2, 0.25) is 0 Å². The summed E-state index contributed by atoms with van der Waals surface area (Å²) < 4.78 is 25.4. The van der Waals surface area contributed by atoms with Crippen molar-refractivity contribution in [2.75, 3.05) is 19.6 Å². The summed E-state index contributed by atoms with van der Waals surface area (Å²) in [4.78, 5) is 18.5. The molecule has 0 bridgehead atoms. The molecular weight excluding hydrogens is 260 g/mol. The van der Waals surface area contributed by atoms with E-state index in [9.17, 15) is 13.2 Å². The van der Waals surface area contributed by atoms with Crippen molar-refractivity contribution in [1.82, 2.24) is 19.6 Å². The van der Waals surface area contributed by atoms with Crippen LogP contribution in [0.25, 0.3) is 0 Å². The molecule has 1 aliphatic heterocycles. The van der Waals surface area contributed by atoms with E-state index in [-0.39, 0.29) is 18.1 Å². The molecule has 1 aromatic rings. The molecule has 0 amide bonds. The van der Waals surface area contributed by atoms with Gasteiger partial charge in [0.1, 0.15) is 6.04 Å². The molecule has 0 spiro atoms. The van der Waals surface area contributed by atoms with Gasteiger partial charge in [-0.3, -0.25) is 9.78 Å². The standard InChI is InChI=1S/C9H12N4O4S/c14-9(15)7-5-11-3-4-13(7)18(16,17)8-6-10-1-2-12-8/h1-2,6-7,11H,3-5H2,(H,14,15)/t7-/m1/s1. The number of hydrogen-bond donors (Lipinski definition) is 2. The van der Waals surface area contributed by atoms with Crippen molar-refractivity contribution in [3.8, 4) is 0 Å². The summed E-state index contributed by atoms with van der Waals surface area (Å²) >= 11 is 0. The molecule has 9 heteroatoms. The minimum absolute atomic E-state index is 0.0782. The first-order valence-electron chi connectivity index (χ1n) is 5.25. The summed E-state index contributed by atoms with van der Waals surface area (Å²) in [7, 11) is -3.92. The van der Waals surface area contributed by atoms with Crippen LogP contribution in [0, 0.1) is 0 Å². The number of sulfonamides is 1. The molecule has 2 heterocycles. The van der Waals surface area contributed by atoms with E-state index in [0.717, 1.165) is 10.5 Å². The van der Waals surface area contributed by atoms with E-state index in [2.05, 4.69) is 15.3 Å². The maximum atomic E-state index is 12.2. The van der Waals surface area contributed by atoms with Gasteiger partial charge in [-0.25, -0.2) is 13.4 Å². The van der Waals surface area contributed by atoms with Crippen molar-refractivity contribution < 1.29 is 18.3 Å². The maximum Gasteiger partial charge on any atom is 0.323 e. The summed E-state index contributed by atoms with van der Waals surface area (Å²) in [5.74, 6) is -1.19. The number of rotatable bonds is 3. The van der Waals surface area contributed by atoms with Crippen LogP contribution >= 0.6 is 0 Å². The van der Waals surface area contributed by atoms with Crippen molar-refractivity contribution in [1.29, 1.82) is 0 Å². The van der Waals surface area contributed by atoms with Crippen molar-refractivity contribution in [2.24, 2.45) is 0 Å². The van der Waals surface area contributed by atoms with Gasteiger partial charge in [-0.05, 0) is 0 Å². The molecule has 1 atom stereocenters.